The van der Waals surface area contributed by atoms with Crippen molar-refractivity contribution in [3.05, 3.63) is 12.2 Å². The highest BCUT2D eigenvalue weighted by Crippen LogP contribution is 2.47. The minimum absolute atomic E-state index is 0.134. The summed E-state index contributed by atoms with van der Waals surface area (Å²) in [6.45, 7) is 18.3. The van der Waals surface area contributed by atoms with Gasteiger partial charge in [0.1, 0.15) is 0 Å². The monoisotopic (exact) mass is 342 g/mol. The fourth-order valence-corrected chi connectivity index (χ4v) is 3.79. The molecule has 0 saturated heterocycles. The molecule has 0 aromatic carbocycles. The molecule has 0 aromatic rings. The van der Waals surface area contributed by atoms with Gasteiger partial charge in [-0.2, -0.15) is 0 Å². The molecular formula is C20H38O2S. The first-order valence-electron chi connectivity index (χ1n) is 8.90. The Hall–Kier alpha value is -0.440. The van der Waals surface area contributed by atoms with Gasteiger partial charge in [0, 0.05) is 5.25 Å². The topological polar surface area (TPSA) is 37.3 Å². The number of carboxylic acid groups (broad SMARTS) is 1. The van der Waals surface area contributed by atoms with Crippen molar-refractivity contribution in [1.29, 1.82) is 0 Å². The molecule has 0 radical (unpaired) electrons. The minimum atomic E-state index is -0.723. The Kier molecular flexibility index (Phi) is 8.97. The van der Waals surface area contributed by atoms with Crippen molar-refractivity contribution in [2.24, 2.45) is 16.2 Å². The molecule has 0 spiro atoms. The van der Waals surface area contributed by atoms with E-state index in [0.29, 0.717) is 10.7 Å². The summed E-state index contributed by atoms with van der Waals surface area (Å²) in [5, 5.41) is 9.20. The van der Waals surface area contributed by atoms with E-state index in [0.717, 1.165) is 19.3 Å². The second-order valence-electron chi connectivity index (χ2n) is 8.50. The van der Waals surface area contributed by atoms with E-state index in [1.165, 1.54) is 6.42 Å². The van der Waals surface area contributed by atoms with Crippen LogP contribution in [0.15, 0.2) is 12.2 Å². The molecule has 136 valence electrons. The van der Waals surface area contributed by atoms with Gasteiger partial charge in [-0.15, -0.1) is 11.8 Å². The molecule has 0 heterocycles. The number of carbonyl (C=O) groups is 1. The van der Waals surface area contributed by atoms with E-state index in [9.17, 15) is 4.79 Å². The lowest BCUT2D eigenvalue weighted by Gasteiger charge is -2.44. The number of carboxylic acids is 1. The summed E-state index contributed by atoms with van der Waals surface area (Å²) in [7, 11) is 0. The normalized spacial score (nSPS) is 17.2. The van der Waals surface area contributed by atoms with Gasteiger partial charge in [0.25, 0.3) is 0 Å². The number of rotatable bonds is 11. The molecule has 23 heavy (non-hydrogen) atoms. The Morgan fingerprint density at radius 3 is 2.13 bits per heavy atom. The van der Waals surface area contributed by atoms with Crippen LogP contribution in [0.5, 0.6) is 0 Å². The lowest BCUT2D eigenvalue weighted by atomic mass is 9.62. The van der Waals surface area contributed by atoms with Crippen molar-refractivity contribution in [1.82, 2.24) is 0 Å². The summed E-state index contributed by atoms with van der Waals surface area (Å²) in [4.78, 5) is 10.8. The van der Waals surface area contributed by atoms with Crippen molar-refractivity contribution >= 4 is 17.7 Å². The second-order valence-corrected chi connectivity index (χ2v) is 9.93. The van der Waals surface area contributed by atoms with Crippen LogP contribution in [0.3, 0.4) is 0 Å². The van der Waals surface area contributed by atoms with Crippen LogP contribution < -0.4 is 0 Å². The SMILES string of the molecule is CCC(C)(C)C/C=C\C(C)(CC)C(C)(C)CC(C)SCC(=O)O. The van der Waals surface area contributed by atoms with E-state index in [2.05, 4.69) is 67.5 Å². The van der Waals surface area contributed by atoms with Gasteiger partial charge in [0.05, 0.1) is 5.75 Å². The molecule has 3 heteroatoms. The maximum atomic E-state index is 10.8. The van der Waals surface area contributed by atoms with Crippen LogP contribution in [0.2, 0.25) is 0 Å². The Morgan fingerprint density at radius 1 is 1.13 bits per heavy atom. The van der Waals surface area contributed by atoms with E-state index >= 15 is 0 Å². The highest BCUT2D eigenvalue weighted by Gasteiger charge is 2.38. The van der Waals surface area contributed by atoms with Gasteiger partial charge >= 0.3 is 5.97 Å². The highest BCUT2D eigenvalue weighted by atomic mass is 32.2. The van der Waals surface area contributed by atoms with Crippen molar-refractivity contribution in [3.8, 4) is 0 Å². The van der Waals surface area contributed by atoms with Crippen LogP contribution >= 0.6 is 11.8 Å². The number of allylic oxidation sites excluding steroid dienone is 2. The lowest BCUT2D eigenvalue weighted by molar-refractivity contribution is -0.133. The van der Waals surface area contributed by atoms with Gasteiger partial charge in [0.2, 0.25) is 0 Å². The quantitative estimate of drug-likeness (QED) is 0.441. The smallest absolute Gasteiger partial charge is 0.313 e. The lowest BCUT2D eigenvalue weighted by Crippen LogP contribution is -2.35. The van der Waals surface area contributed by atoms with E-state index in [1.807, 2.05) is 0 Å². The molecule has 2 nitrogen and oxygen atoms in total. The Bertz CT molecular complexity index is 398. The van der Waals surface area contributed by atoms with Crippen molar-refractivity contribution in [2.45, 2.75) is 86.3 Å². The van der Waals surface area contributed by atoms with E-state index in [4.69, 9.17) is 5.11 Å². The summed E-state index contributed by atoms with van der Waals surface area (Å²) < 4.78 is 0. The molecule has 0 bridgehead atoms. The minimum Gasteiger partial charge on any atom is -0.481 e. The molecule has 0 rings (SSSR count). The molecule has 1 N–H and O–H groups in total. The van der Waals surface area contributed by atoms with E-state index in [-0.39, 0.29) is 16.6 Å². The molecule has 2 atom stereocenters. The third-order valence-electron chi connectivity index (χ3n) is 5.68. The van der Waals surface area contributed by atoms with Gasteiger partial charge in [0.15, 0.2) is 0 Å². The number of thioether (sulfide) groups is 1. The molecule has 0 aliphatic rings. The Morgan fingerprint density at radius 2 is 1.70 bits per heavy atom. The fourth-order valence-electron chi connectivity index (χ4n) is 2.83. The van der Waals surface area contributed by atoms with E-state index < -0.39 is 5.97 Å². The van der Waals surface area contributed by atoms with Crippen molar-refractivity contribution < 1.29 is 9.90 Å². The van der Waals surface area contributed by atoms with Gasteiger partial charge in [-0.05, 0) is 35.5 Å². The predicted molar refractivity (Wildman–Crippen MR) is 104 cm³/mol. The number of hydrogen-bond donors (Lipinski definition) is 1. The molecule has 2 unspecified atom stereocenters. The molecule has 0 aliphatic carbocycles. The van der Waals surface area contributed by atoms with Gasteiger partial charge in [-0.3, -0.25) is 4.79 Å². The zero-order valence-electron chi connectivity index (χ0n) is 16.5. The highest BCUT2D eigenvalue weighted by molar-refractivity contribution is 8.00. The first-order chi connectivity index (χ1) is 10.4. The summed E-state index contributed by atoms with van der Waals surface area (Å²) in [5.41, 5.74) is 0.633. The first kappa shape index (κ1) is 22.6. The first-order valence-corrected chi connectivity index (χ1v) is 9.95. The van der Waals surface area contributed by atoms with Crippen molar-refractivity contribution in [3.63, 3.8) is 0 Å². The van der Waals surface area contributed by atoms with Gasteiger partial charge in [-0.1, -0.05) is 74.0 Å². The summed E-state index contributed by atoms with van der Waals surface area (Å²) in [6, 6.07) is 0. The van der Waals surface area contributed by atoms with Gasteiger partial charge < -0.3 is 5.11 Å². The zero-order chi connectivity index (χ0) is 18.3. The van der Waals surface area contributed by atoms with Crippen LogP contribution in [0.25, 0.3) is 0 Å². The van der Waals surface area contributed by atoms with Crippen LogP contribution in [-0.4, -0.2) is 22.1 Å². The van der Waals surface area contributed by atoms with Gasteiger partial charge in [-0.25, -0.2) is 0 Å². The molecule has 0 aliphatic heterocycles. The summed E-state index contributed by atoms with van der Waals surface area (Å²) in [6.07, 6.45) is 9.20. The van der Waals surface area contributed by atoms with E-state index in [1.54, 1.807) is 11.8 Å². The van der Waals surface area contributed by atoms with Crippen LogP contribution in [0, 0.1) is 16.2 Å². The van der Waals surface area contributed by atoms with Crippen LogP contribution in [0.4, 0.5) is 0 Å². The molecular weight excluding hydrogens is 304 g/mol. The Labute approximate surface area is 148 Å². The third-order valence-corrected chi connectivity index (χ3v) is 6.83. The zero-order valence-corrected chi connectivity index (χ0v) is 17.3. The maximum Gasteiger partial charge on any atom is 0.313 e. The number of aliphatic carboxylic acids is 1. The predicted octanol–water partition coefficient (Wildman–Crippen LogP) is 6.41. The van der Waals surface area contributed by atoms with Crippen LogP contribution in [-0.2, 0) is 4.79 Å². The standard InChI is InChI=1S/C20H38O2S/c1-9-18(4,5)12-11-13-20(8,10-2)19(6,7)14-16(3)23-15-17(21)22/h11,13,16H,9-10,12,14-15H2,1-8H3,(H,21,22)/b13-11-. The van der Waals surface area contributed by atoms with Crippen LogP contribution in [0.1, 0.15) is 81.1 Å². The third kappa shape index (κ3) is 7.78. The van der Waals surface area contributed by atoms with Crippen molar-refractivity contribution in [2.75, 3.05) is 5.75 Å². The molecule has 0 amide bonds. The number of hydrogen-bond acceptors (Lipinski definition) is 2. The molecule has 0 saturated carbocycles. The fraction of sp³-hybridized carbons (Fsp3) is 0.850. The molecule has 0 fully saturated rings. The maximum absolute atomic E-state index is 10.8. The summed E-state index contributed by atoms with van der Waals surface area (Å²) >= 11 is 1.55. The second kappa shape index (κ2) is 9.15. The largest absolute Gasteiger partial charge is 0.481 e. The average Bonchev–Trinajstić information content (AvgIpc) is 2.44. The molecule has 0 aromatic heterocycles. The average molecular weight is 343 g/mol. The summed E-state index contributed by atoms with van der Waals surface area (Å²) in [5.74, 6) is -0.528. The Balaban J connectivity index is 4.93.